The summed E-state index contributed by atoms with van der Waals surface area (Å²) < 4.78 is 26.0. The second-order valence-electron chi connectivity index (χ2n) is 13.4. The molecule has 0 unspecified atom stereocenters. The van der Waals surface area contributed by atoms with Gasteiger partial charge in [-0.2, -0.15) is 0 Å². The number of carbonyl (C=O) groups is 1. The third kappa shape index (κ3) is 6.45. The molecule has 1 saturated heterocycles. The molecular weight excluding hydrogens is 508 g/mol. The highest BCUT2D eigenvalue weighted by atomic mass is 32.2. The molecular formula is C32H46N2O4S. The SMILES string of the molecule is Cc1c(C(=O)NCC2CCS(=O)(=O)CC2)cc(-c2cc(C(C)(C)O)cc(C3(C)CC3)c2)n1CC1CCCCC1. The Morgan fingerprint density at radius 3 is 2.31 bits per heavy atom. The molecule has 3 aliphatic rings. The van der Waals surface area contributed by atoms with E-state index in [2.05, 4.69) is 41.9 Å². The Bertz CT molecular complexity index is 1290. The van der Waals surface area contributed by atoms with Crippen molar-refractivity contribution in [2.75, 3.05) is 18.1 Å². The quantitative estimate of drug-likeness (QED) is 0.427. The van der Waals surface area contributed by atoms with Crippen LogP contribution < -0.4 is 5.32 Å². The molecule has 214 valence electrons. The molecule has 0 bridgehead atoms. The average Bonchev–Trinajstić information content (AvgIpc) is 3.57. The molecule has 2 heterocycles. The van der Waals surface area contributed by atoms with Crippen LogP contribution in [0.15, 0.2) is 24.3 Å². The lowest BCUT2D eigenvalue weighted by atomic mass is 9.87. The molecule has 1 aromatic heterocycles. The van der Waals surface area contributed by atoms with Crippen molar-refractivity contribution in [1.29, 1.82) is 0 Å². The predicted octanol–water partition coefficient (Wildman–Crippen LogP) is 5.88. The molecule has 6 nitrogen and oxygen atoms in total. The zero-order valence-electron chi connectivity index (χ0n) is 24.2. The van der Waals surface area contributed by atoms with Gasteiger partial charge in [0.2, 0.25) is 0 Å². The lowest BCUT2D eigenvalue weighted by Crippen LogP contribution is -2.34. The van der Waals surface area contributed by atoms with Gasteiger partial charge in [-0.25, -0.2) is 8.42 Å². The summed E-state index contributed by atoms with van der Waals surface area (Å²) in [5, 5.41) is 14.1. The van der Waals surface area contributed by atoms with Crippen LogP contribution in [0.5, 0.6) is 0 Å². The van der Waals surface area contributed by atoms with Gasteiger partial charge in [0.05, 0.1) is 22.7 Å². The van der Waals surface area contributed by atoms with Gasteiger partial charge >= 0.3 is 0 Å². The number of rotatable bonds is 8. The highest BCUT2D eigenvalue weighted by Crippen LogP contribution is 2.49. The van der Waals surface area contributed by atoms with Crippen molar-refractivity contribution in [3.05, 3.63) is 46.6 Å². The minimum Gasteiger partial charge on any atom is -0.386 e. The molecule has 1 aliphatic heterocycles. The molecule has 0 spiro atoms. The van der Waals surface area contributed by atoms with Crippen molar-refractivity contribution in [1.82, 2.24) is 9.88 Å². The molecule has 3 fully saturated rings. The second-order valence-corrected chi connectivity index (χ2v) is 15.7. The number of amides is 1. The van der Waals surface area contributed by atoms with E-state index < -0.39 is 15.4 Å². The Balaban J connectivity index is 1.48. The third-order valence-corrected chi connectivity index (χ3v) is 11.3. The van der Waals surface area contributed by atoms with Crippen LogP contribution in [-0.2, 0) is 27.4 Å². The van der Waals surface area contributed by atoms with Gasteiger partial charge in [0, 0.05) is 24.5 Å². The maximum Gasteiger partial charge on any atom is 0.253 e. The van der Waals surface area contributed by atoms with Crippen LogP contribution in [0, 0.1) is 18.8 Å². The van der Waals surface area contributed by atoms with Gasteiger partial charge in [0.1, 0.15) is 9.84 Å². The summed E-state index contributed by atoms with van der Waals surface area (Å²) in [4.78, 5) is 13.5. The molecule has 1 amide bonds. The molecule has 2 aliphatic carbocycles. The van der Waals surface area contributed by atoms with Gasteiger partial charge in [-0.1, -0.05) is 32.3 Å². The minimum absolute atomic E-state index is 0.0856. The Kier molecular flexibility index (Phi) is 7.79. The largest absolute Gasteiger partial charge is 0.386 e. The van der Waals surface area contributed by atoms with Crippen molar-refractivity contribution in [3.63, 3.8) is 0 Å². The Hall–Kier alpha value is -2.12. The van der Waals surface area contributed by atoms with Crippen LogP contribution in [0.25, 0.3) is 11.3 Å². The molecule has 2 saturated carbocycles. The number of hydrogen-bond donors (Lipinski definition) is 2. The summed E-state index contributed by atoms with van der Waals surface area (Å²) in [5.41, 5.74) is 5.14. The van der Waals surface area contributed by atoms with Gasteiger partial charge in [-0.3, -0.25) is 4.79 Å². The van der Waals surface area contributed by atoms with Crippen molar-refractivity contribution >= 4 is 15.7 Å². The van der Waals surface area contributed by atoms with Crippen LogP contribution in [-0.4, -0.2) is 42.0 Å². The van der Waals surface area contributed by atoms with Gasteiger partial charge in [-0.15, -0.1) is 0 Å². The van der Waals surface area contributed by atoms with Gasteiger partial charge in [-0.05, 0) is 111 Å². The highest BCUT2D eigenvalue weighted by molar-refractivity contribution is 7.91. The molecule has 5 rings (SSSR count). The predicted molar refractivity (Wildman–Crippen MR) is 157 cm³/mol. The maximum absolute atomic E-state index is 13.5. The van der Waals surface area contributed by atoms with Crippen molar-refractivity contribution in [2.24, 2.45) is 11.8 Å². The Labute approximate surface area is 234 Å². The number of carbonyl (C=O) groups excluding carboxylic acids is 1. The Morgan fingerprint density at radius 2 is 1.69 bits per heavy atom. The summed E-state index contributed by atoms with van der Waals surface area (Å²) in [7, 11) is -2.92. The average molecular weight is 555 g/mol. The maximum atomic E-state index is 13.5. The number of benzene rings is 1. The van der Waals surface area contributed by atoms with Crippen molar-refractivity contribution < 1.29 is 18.3 Å². The topological polar surface area (TPSA) is 88.4 Å². The number of nitrogens with zero attached hydrogens (tertiary/aromatic N) is 1. The molecule has 7 heteroatoms. The molecule has 2 aromatic rings. The van der Waals surface area contributed by atoms with Crippen LogP contribution >= 0.6 is 0 Å². The normalized spacial score (nSPS) is 21.6. The smallest absolute Gasteiger partial charge is 0.253 e. The van der Waals surface area contributed by atoms with E-state index in [9.17, 15) is 18.3 Å². The van der Waals surface area contributed by atoms with Crippen molar-refractivity contribution in [2.45, 2.75) is 103 Å². The van der Waals surface area contributed by atoms with E-state index in [4.69, 9.17) is 0 Å². The summed E-state index contributed by atoms with van der Waals surface area (Å²) in [6.07, 6.45) is 9.80. The van der Waals surface area contributed by atoms with Gasteiger partial charge in [0.15, 0.2) is 0 Å². The highest BCUT2D eigenvalue weighted by Gasteiger charge is 2.40. The first kappa shape index (κ1) is 28.4. The van der Waals surface area contributed by atoms with Crippen LogP contribution in [0.1, 0.15) is 106 Å². The first-order chi connectivity index (χ1) is 18.3. The van der Waals surface area contributed by atoms with Crippen LogP contribution in [0.3, 0.4) is 0 Å². The summed E-state index contributed by atoms with van der Waals surface area (Å²) >= 11 is 0. The minimum atomic E-state index is -2.92. The monoisotopic (exact) mass is 554 g/mol. The second kappa shape index (κ2) is 10.7. The van der Waals surface area contributed by atoms with Gasteiger partial charge < -0.3 is 15.0 Å². The number of aliphatic hydroxyl groups is 1. The number of sulfone groups is 1. The molecule has 1 aromatic carbocycles. The van der Waals surface area contributed by atoms with E-state index in [-0.39, 0.29) is 28.7 Å². The zero-order chi connectivity index (χ0) is 28.0. The van der Waals surface area contributed by atoms with Crippen LogP contribution in [0.2, 0.25) is 0 Å². The Morgan fingerprint density at radius 1 is 1.03 bits per heavy atom. The fourth-order valence-corrected chi connectivity index (χ4v) is 7.99. The molecule has 39 heavy (non-hydrogen) atoms. The van der Waals surface area contributed by atoms with E-state index in [1.165, 1.54) is 37.7 Å². The number of aromatic nitrogens is 1. The van der Waals surface area contributed by atoms with E-state index in [0.29, 0.717) is 30.9 Å². The summed E-state index contributed by atoms with van der Waals surface area (Å²) in [5.74, 6) is 1.15. The lowest BCUT2D eigenvalue weighted by molar-refractivity contribution is 0.0785. The summed E-state index contributed by atoms with van der Waals surface area (Å²) in [6, 6.07) is 8.58. The molecule has 2 N–H and O–H groups in total. The molecule has 0 radical (unpaired) electrons. The zero-order valence-corrected chi connectivity index (χ0v) is 25.0. The van der Waals surface area contributed by atoms with Gasteiger partial charge in [0.25, 0.3) is 5.91 Å². The van der Waals surface area contributed by atoms with E-state index in [0.717, 1.165) is 41.9 Å². The fraction of sp³-hybridized carbons (Fsp3) is 0.656. The third-order valence-electron chi connectivity index (χ3n) is 9.63. The first-order valence-corrected chi connectivity index (χ1v) is 16.7. The number of nitrogens with one attached hydrogen (secondary N) is 1. The van der Waals surface area contributed by atoms with Crippen molar-refractivity contribution in [3.8, 4) is 11.3 Å². The molecule has 0 atom stereocenters. The standard InChI is InChI=1S/C32H46N2O4S/c1-22-28(30(35)33-20-23-10-14-39(37,38)15-11-23)19-29(34(22)21-24-8-6-5-7-9-24)25-16-26(31(2,3)36)18-27(17-25)32(4)12-13-32/h16-19,23-24,36H,5-15,20-21H2,1-4H3,(H,33,35). The summed E-state index contributed by atoms with van der Waals surface area (Å²) in [6.45, 7) is 9.43. The first-order valence-electron chi connectivity index (χ1n) is 14.9. The van der Waals surface area contributed by atoms with E-state index in [1.807, 2.05) is 19.9 Å². The van der Waals surface area contributed by atoms with E-state index >= 15 is 0 Å². The fourth-order valence-electron chi connectivity index (χ4n) is 6.41. The number of hydrogen-bond acceptors (Lipinski definition) is 4. The van der Waals surface area contributed by atoms with Crippen LogP contribution in [0.4, 0.5) is 0 Å². The van der Waals surface area contributed by atoms with E-state index in [1.54, 1.807) is 0 Å². The lowest BCUT2D eigenvalue weighted by Gasteiger charge is -2.26.